The third kappa shape index (κ3) is 3.49. The number of rotatable bonds is 6. The van der Waals surface area contributed by atoms with Crippen molar-refractivity contribution in [3.63, 3.8) is 0 Å². The molecule has 3 heterocycles. The highest BCUT2D eigenvalue weighted by molar-refractivity contribution is 5.80. The van der Waals surface area contributed by atoms with Crippen molar-refractivity contribution in [1.82, 2.24) is 9.80 Å². The van der Waals surface area contributed by atoms with Gasteiger partial charge in [0.25, 0.3) is 0 Å². The van der Waals surface area contributed by atoms with Crippen molar-refractivity contribution in [3.8, 4) is 0 Å². The summed E-state index contributed by atoms with van der Waals surface area (Å²) in [5.41, 5.74) is 1.20. The highest BCUT2D eigenvalue weighted by Gasteiger charge is 2.40. The summed E-state index contributed by atoms with van der Waals surface area (Å²) in [4.78, 5) is 17.2. The summed E-state index contributed by atoms with van der Waals surface area (Å²) in [5, 5.41) is 0. The Morgan fingerprint density at radius 2 is 1.91 bits per heavy atom. The van der Waals surface area contributed by atoms with Crippen LogP contribution in [0.15, 0.2) is 30.3 Å². The van der Waals surface area contributed by atoms with Crippen LogP contribution in [0, 0.1) is 5.92 Å². The summed E-state index contributed by atoms with van der Waals surface area (Å²) in [6.45, 7) is 3.20. The lowest BCUT2D eigenvalue weighted by atomic mass is 9.93. The zero-order valence-electron chi connectivity index (χ0n) is 13.1. The first-order valence-electron chi connectivity index (χ1n) is 8.40. The van der Waals surface area contributed by atoms with Crippen LogP contribution in [0.3, 0.4) is 0 Å². The molecule has 0 saturated carbocycles. The molecule has 0 unspecified atom stereocenters. The van der Waals surface area contributed by atoms with E-state index in [4.69, 9.17) is 0 Å². The van der Waals surface area contributed by atoms with E-state index in [0.717, 1.165) is 45.4 Å². The number of piperidine rings is 1. The lowest BCUT2D eigenvalue weighted by Crippen LogP contribution is -2.47. The van der Waals surface area contributed by atoms with Gasteiger partial charge in [-0.3, -0.25) is 9.18 Å². The number of alkyl halides is 1. The van der Waals surface area contributed by atoms with Crippen LogP contribution >= 0.6 is 0 Å². The van der Waals surface area contributed by atoms with E-state index in [9.17, 15) is 9.18 Å². The molecule has 3 aliphatic rings. The number of carbonyl (C=O) groups is 1. The van der Waals surface area contributed by atoms with Crippen LogP contribution in [0.2, 0.25) is 0 Å². The summed E-state index contributed by atoms with van der Waals surface area (Å²) in [6, 6.07) is 10.6. The molecule has 2 bridgehead atoms. The van der Waals surface area contributed by atoms with E-state index < -0.39 is 0 Å². The molecule has 1 aromatic carbocycles. The molecule has 0 spiro atoms. The Labute approximate surface area is 132 Å². The number of carbonyl (C=O) groups excluding carboxylic acids is 1. The molecular formula is C18H25FN2O. The van der Waals surface area contributed by atoms with Gasteiger partial charge in [0.15, 0.2) is 0 Å². The van der Waals surface area contributed by atoms with Gasteiger partial charge in [-0.25, -0.2) is 0 Å². The van der Waals surface area contributed by atoms with Crippen LogP contribution in [0.1, 0.15) is 31.2 Å². The number of benzene rings is 1. The number of hydrogen-bond acceptors (Lipinski definition) is 2. The smallest absolute Gasteiger partial charge is 0.227 e. The van der Waals surface area contributed by atoms with Gasteiger partial charge in [0.2, 0.25) is 5.91 Å². The minimum Gasteiger partial charge on any atom is -0.334 e. The monoisotopic (exact) mass is 304 g/mol. The molecule has 0 radical (unpaired) electrons. The van der Waals surface area contributed by atoms with Crippen LogP contribution in [0.4, 0.5) is 4.39 Å². The fraction of sp³-hybridized carbons (Fsp3) is 0.611. The first-order valence-corrected chi connectivity index (χ1v) is 8.40. The molecule has 3 aliphatic heterocycles. The molecule has 0 aromatic heterocycles. The van der Waals surface area contributed by atoms with Crippen LogP contribution in [0.25, 0.3) is 0 Å². The molecule has 4 rings (SSSR count). The summed E-state index contributed by atoms with van der Waals surface area (Å²) in [5.74, 6) is 0.445. The minimum atomic E-state index is -0.236. The number of amides is 1. The first kappa shape index (κ1) is 15.5. The van der Waals surface area contributed by atoms with E-state index in [1.807, 2.05) is 18.2 Å². The summed E-state index contributed by atoms with van der Waals surface area (Å²) in [6.07, 6.45) is 3.63. The Balaban J connectivity index is 1.67. The largest absolute Gasteiger partial charge is 0.334 e. The summed E-state index contributed by atoms with van der Waals surface area (Å²) in [7, 11) is 0. The third-order valence-corrected chi connectivity index (χ3v) is 4.92. The van der Waals surface area contributed by atoms with E-state index >= 15 is 0 Å². The molecule has 0 N–H and O–H groups in total. The summed E-state index contributed by atoms with van der Waals surface area (Å²) >= 11 is 0. The Morgan fingerprint density at radius 3 is 2.68 bits per heavy atom. The number of fused-ring (bicyclic) bond motifs is 4. The fourth-order valence-electron chi connectivity index (χ4n) is 3.73. The van der Waals surface area contributed by atoms with Gasteiger partial charge >= 0.3 is 0 Å². The molecule has 1 amide bonds. The van der Waals surface area contributed by atoms with Crippen LogP contribution in [-0.4, -0.2) is 48.1 Å². The van der Waals surface area contributed by atoms with Gasteiger partial charge in [-0.1, -0.05) is 30.3 Å². The van der Waals surface area contributed by atoms with Gasteiger partial charge in [0.1, 0.15) is 0 Å². The zero-order valence-corrected chi connectivity index (χ0v) is 13.1. The number of halogens is 1. The summed E-state index contributed by atoms with van der Waals surface area (Å²) < 4.78 is 12.3. The Hall–Kier alpha value is -1.42. The van der Waals surface area contributed by atoms with Crippen LogP contribution < -0.4 is 0 Å². The van der Waals surface area contributed by atoms with Gasteiger partial charge in [0.05, 0.1) is 12.6 Å². The molecule has 3 fully saturated rings. The Bertz CT molecular complexity index is 493. The van der Waals surface area contributed by atoms with Gasteiger partial charge in [-0.2, -0.15) is 0 Å². The van der Waals surface area contributed by atoms with Crippen molar-refractivity contribution >= 4 is 5.91 Å². The Morgan fingerprint density at radius 1 is 1.09 bits per heavy atom. The quantitative estimate of drug-likeness (QED) is 0.755. The highest BCUT2D eigenvalue weighted by atomic mass is 19.1. The van der Waals surface area contributed by atoms with Crippen molar-refractivity contribution in [3.05, 3.63) is 35.9 Å². The van der Waals surface area contributed by atoms with Gasteiger partial charge in [-0.15, -0.1) is 0 Å². The maximum Gasteiger partial charge on any atom is 0.227 e. The van der Waals surface area contributed by atoms with Crippen molar-refractivity contribution in [1.29, 1.82) is 0 Å². The van der Waals surface area contributed by atoms with Gasteiger partial charge < -0.3 is 9.80 Å². The Kier molecular flexibility index (Phi) is 5.08. The molecule has 2 atom stereocenters. The molecule has 1 aromatic rings. The van der Waals surface area contributed by atoms with Crippen molar-refractivity contribution in [2.45, 2.75) is 38.3 Å². The van der Waals surface area contributed by atoms with E-state index in [0.29, 0.717) is 18.4 Å². The zero-order chi connectivity index (χ0) is 15.4. The van der Waals surface area contributed by atoms with Crippen LogP contribution in [0.5, 0.6) is 0 Å². The second-order valence-electron chi connectivity index (χ2n) is 6.54. The third-order valence-electron chi connectivity index (χ3n) is 4.92. The topological polar surface area (TPSA) is 23.6 Å². The van der Waals surface area contributed by atoms with Crippen LogP contribution in [-0.2, 0) is 11.3 Å². The van der Waals surface area contributed by atoms with Gasteiger partial charge in [-0.05, 0) is 37.8 Å². The fourth-order valence-corrected chi connectivity index (χ4v) is 3.73. The average Bonchev–Trinajstić information content (AvgIpc) is 2.81. The first-order chi connectivity index (χ1) is 10.8. The maximum atomic E-state index is 12.7. The lowest BCUT2D eigenvalue weighted by molar-refractivity contribution is -0.140. The minimum absolute atomic E-state index is 0.132. The van der Waals surface area contributed by atoms with E-state index in [2.05, 4.69) is 21.9 Å². The normalized spacial score (nSPS) is 25.5. The van der Waals surface area contributed by atoms with E-state index in [-0.39, 0.29) is 12.6 Å². The van der Waals surface area contributed by atoms with Crippen molar-refractivity contribution < 1.29 is 9.18 Å². The SMILES string of the molecule is O=C1[C@@H]2CC[C@@H](CN(CCCCF)C2)N1Cc1ccccc1. The molecule has 22 heavy (non-hydrogen) atoms. The van der Waals surface area contributed by atoms with Crippen molar-refractivity contribution in [2.24, 2.45) is 5.92 Å². The molecule has 0 aliphatic carbocycles. The number of nitrogens with zero attached hydrogens (tertiary/aromatic N) is 2. The lowest BCUT2D eigenvalue weighted by Gasteiger charge is -2.36. The second-order valence-corrected chi connectivity index (χ2v) is 6.54. The second kappa shape index (κ2) is 7.23. The predicted octanol–water partition coefficient (Wildman–Crippen LogP) is 2.86. The van der Waals surface area contributed by atoms with Crippen molar-refractivity contribution in [2.75, 3.05) is 26.3 Å². The van der Waals surface area contributed by atoms with E-state index in [1.54, 1.807) is 0 Å². The molecule has 3 saturated heterocycles. The van der Waals surface area contributed by atoms with Gasteiger partial charge in [0, 0.05) is 25.7 Å². The standard InChI is InChI=1S/C18H25FN2O/c19-10-4-5-11-20-13-16-8-9-17(14-20)21(18(16)22)12-15-6-2-1-3-7-15/h1-3,6-7,16-17H,4-5,8-14H2/t16-,17+/m1/s1. The molecular weight excluding hydrogens is 279 g/mol. The average molecular weight is 304 g/mol. The molecule has 3 nitrogen and oxygen atoms in total. The number of unbranched alkanes of at least 4 members (excludes halogenated alkanes) is 1. The molecule has 4 heteroatoms. The molecule has 120 valence electrons. The number of hydrogen-bond donors (Lipinski definition) is 0. The van der Waals surface area contributed by atoms with E-state index in [1.165, 1.54) is 5.56 Å². The predicted molar refractivity (Wildman–Crippen MR) is 85.2 cm³/mol. The maximum absolute atomic E-state index is 12.7. The highest BCUT2D eigenvalue weighted by Crippen LogP contribution is 2.30.